The van der Waals surface area contributed by atoms with Gasteiger partial charge >= 0.3 is 5.97 Å². The Bertz CT molecular complexity index is 468. The summed E-state index contributed by atoms with van der Waals surface area (Å²) in [7, 11) is 1.60. The van der Waals surface area contributed by atoms with Crippen LogP contribution in [0.15, 0.2) is 0 Å². The molecule has 6 heteroatoms. The van der Waals surface area contributed by atoms with Crippen molar-refractivity contribution in [1.82, 2.24) is 4.37 Å². The van der Waals surface area contributed by atoms with E-state index in [2.05, 4.69) is 4.37 Å². The average Bonchev–Trinajstić information content (AvgIpc) is 2.68. The maximum Gasteiger partial charge on any atom is 0.340 e. The van der Waals surface area contributed by atoms with Crippen molar-refractivity contribution in [2.45, 2.75) is 27.7 Å². The molecule has 0 fully saturated rings. The summed E-state index contributed by atoms with van der Waals surface area (Å²) in [5.41, 5.74) is 0.561. The van der Waals surface area contributed by atoms with Crippen molar-refractivity contribution in [2.24, 2.45) is 11.8 Å². The number of carbonyl (C=O) groups is 2. The van der Waals surface area contributed by atoms with Crippen molar-refractivity contribution in [3.05, 3.63) is 11.3 Å². The van der Waals surface area contributed by atoms with Crippen molar-refractivity contribution in [1.29, 1.82) is 0 Å². The third-order valence-electron chi connectivity index (χ3n) is 3.08. The molecule has 0 aliphatic heterocycles. The molecule has 1 atom stereocenters. The number of carboxylic acid groups (broad SMARTS) is 1. The first-order chi connectivity index (χ1) is 8.27. The van der Waals surface area contributed by atoms with Crippen LogP contribution in [-0.4, -0.2) is 28.4 Å². The minimum absolute atomic E-state index is 0.0869. The summed E-state index contributed by atoms with van der Waals surface area (Å²) >= 11 is 1.04. The van der Waals surface area contributed by atoms with Gasteiger partial charge in [-0.3, -0.25) is 4.79 Å². The average molecular weight is 270 g/mol. The summed E-state index contributed by atoms with van der Waals surface area (Å²) < 4.78 is 4.01. The smallest absolute Gasteiger partial charge is 0.340 e. The lowest BCUT2D eigenvalue weighted by Crippen LogP contribution is -2.34. The molecule has 0 saturated carbocycles. The molecule has 1 unspecified atom stereocenters. The Balaban J connectivity index is 3.08. The van der Waals surface area contributed by atoms with E-state index < -0.39 is 5.97 Å². The highest BCUT2D eigenvalue weighted by atomic mass is 32.1. The third kappa shape index (κ3) is 2.69. The van der Waals surface area contributed by atoms with E-state index in [1.807, 2.05) is 20.8 Å². The van der Waals surface area contributed by atoms with E-state index in [9.17, 15) is 9.59 Å². The first-order valence-electron chi connectivity index (χ1n) is 5.74. The lowest BCUT2D eigenvalue weighted by Gasteiger charge is -2.22. The first kappa shape index (κ1) is 14.6. The van der Waals surface area contributed by atoms with Crippen LogP contribution in [0.3, 0.4) is 0 Å². The number of carboxylic acids is 1. The van der Waals surface area contributed by atoms with Gasteiger partial charge in [-0.15, -0.1) is 0 Å². The number of nitrogens with zero attached hydrogens (tertiary/aromatic N) is 2. The standard InChI is InChI=1S/C12H18N2O3S/c1-6(2)7(3)10(15)14(5)11-9(12(16)17)8(4)13-18-11/h6-7H,1-5H3,(H,16,17). The Labute approximate surface area is 111 Å². The molecule has 0 aliphatic rings. The minimum atomic E-state index is -1.05. The second-order valence-electron chi connectivity index (χ2n) is 4.68. The van der Waals surface area contributed by atoms with Crippen molar-refractivity contribution < 1.29 is 14.7 Å². The van der Waals surface area contributed by atoms with Gasteiger partial charge in [0.2, 0.25) is 5.91 Å². The molecule has 1 rings (SSSR count). The summed E-state index contributed by atoms with van der Waals surface area (Å²) in [5, 5.41) is 9.54. The molecule has 1 heterocycles. The fourth-order valence-electron chi connectivity index (χ4n) is 1.52. The summed E-state index contributed by atoms with van der Waals surface area (Å²) in [6, 6.07) is 0. The third-order valence-corrected chi connectivity index (χ3v) is 4.10. The van der Waals surface area contributed by atoms with Crippen LogP contribution < -0.4 is 4.90 Å². The highest BCUT2D eigenvalue weighted by Crippen LogP contribution is 2.29. The Kier molecular flexibility index (Phi) is 4.45. The Hall–Kier alpha value is -1.43. The number of rotatable bonds is 4. The number of hydrogen-bond acceptors (Lipinski definition) is 4. The molecule has 100 valence electrons. The molecule has 0 bridgehead atoms. The van der Waals surface area contributed by atoms with Gasteiger partial charge in [-0.1, -0.05) is 20.8 Å². The van der Waals surface area contributed by atoms with Gasteiger partial charge in [0.15, 0.2) is 0 Å². The maximum absolute atomic E-state index is 12.2. The van der Waals surface area contributed by atoms with Crippen molar-refractivity contribution in [3.63, 3.8) is 0 Å². The van der Waals surface area contributed by atoms with E-state index >= 15 is 0 Å². The quantitative estimate of drug-likeness (QED) is 0.912. The predicted molar refractivity (Wildman–Crippen MR) is 71.2 cm³/mol. The molecule has 5 nitrogen and oxygen atoms in total. The second-order valence-corrected chi connectivity index (χ2v) is 5.44. The molecule has 0 aliphatic carbocycles. The van der Waals surface area contributed by atoms with Crippen LogP contribution in [0.5, 0.6) is 0 Å². The van der Waals surface area contributed by atoms with Crippen molar-refractivity contribution >= 4 is 28.4 Å². The molecule has 1 amide bonds. The monoisotopic (exact) mass is 270 g/mol. The van der Waals surface area contributed by atoms with Gasteiger partial charge in [0, 0.05) is 13.0 Å². The molecule has 0 aromatic carbocycles. The molecule has 0 radical (unpaired) electrons. The Morgan fingerprint density at radius 1 is 1.33 bits per heavy atom. The van der Waals surface area contributed by atoms with E-state index in [-0.39, 0.29) is 23.3 Å². The number of carbonyl (C=O) groups excluding carboxylic acids is 1. The van der Waals surface area contributed by atoms with E-state index in [4.69, 9.17) is 5.11 Å². The summed E-state index contributed by atoms with van der Waals surface area (Å²) in [6.07, 6.45) is 0. The predicted octanol–water partition coefficient (Wildman–Crippen LogP) is 2.40. The number of aryl methyl sites for hydroxylation is 1. The number of amides is 1. The van der Waals surface area contributed by atoms with Gasteiger partial charge in [0.25, 0.3) is 0 Å². The lowest BCUT2D eigenvalue weighted by molar-refractivity contribution is -0.122. The molecular formula is C12H18N2O3S. The van der Waals surface area contributed by atoms with E-state index in [0.717, 1.165) is 11.5 Å². The SMILES string of the molecule is Cc1nsc(N(C)C(=O)C(C)C(C)C)c1C(=O)O. The van der Waals surface area contributed by atoms with E-state index in [0.29, 0.717) is 10.7 Å². The van der Waals surface area contributed by atoms with E-state index in [1.54, 1.807) is 14.0 Å². The number of aromatic nitrogens is 1. The van der Waals surface area contributed by atoms with Crippen LogP contribution in [0, 0.1) is 18.8 Å². The normalized spacial score (nSPS) is 12.6. The number of hydrogen-bond donors (Lipinski definition) is 1. The molecular weight excluding hydrogens is 252 g/mol. The van der Waals surface area contributed by atoms with Gasteiger partial charge in [0.1, 0.15) is 10.6 Å². The van der Waals surface area contributed by atoms with Gasteiger partial charge in [0.05, 0.1) is 5.69 Å². The fraction of sp³-hybridized carbons (Fsp3) is 0.583. The van der Waals surface area contributed by atoms with Gasteiger partial charge in [-0.25, -0.2) is 4.79 Å². The zero-order valence-electron chi connectivity index (χ0n) is 11.2. The highest BCUT2D eigenvalue weighted by Gasteiger charge is 2.27. The molecule has 1 N–H and O–H groups in total. The van der Waals surface area contributed by atoms with Crippen LogP contribution in [0.4, 0.5) is 5.00 Å². The zero-order chi connectivity index (χ0) is 14.0. The number of aromatic carboxylic acids is 1. The Morgan fingerprint density at radius 3 is 2.33 bits per heavy atom. The Morgan fingerprint density at radius 2 is 1.89 bits per heavy atom. The molecule has 0 spiro atoms. The van der Waals surface area contributed by atoms with Crippen LogP contribution in [0.25, 0.3) is 0 Å². The molecule has 1 aromatic rings. The van der Waals surface area contributed by atoms with Gasteiger partial charge in [-0.05, 0) is 24.4 Å². The van der Waals surface area contributed by atoms with E-state index in [1.165, 1.54) is 4.90 Å². The highest BCUT2D eigenvalue weighted by molar-refractivity contribution is 7.11. The fourth-order valence-corrected chi connectivity index (χ4v) is 2.38. The molecule has 1 aromatic heterocycles. The van der Waals surface area contributed by atoms with Crippen LogP contribution >= 0.6 is 11.5 Å². The minimum Gasteiger partial charge on any atom is -0.478 e. The maximum atomic E-state index is 12.2. The number of anilines is 1. The van der Waals surface area contributed by atoms with Crippen LogP contribution in [-0.2, 0) is 4.79 Å². The lowest BCUT2D eigenvalue weighted by atomic mass is 9.97. The van der Waals surface area contributed by atoms with Crippen LogP contribution in [0.2, 0.25) is 0 Å². The summed E-state index contributed by atoms with van der Waals surface area (Å²) in [6.45, 7) is 7.41. The molecule has 0 saturated heterocycles. The molecule has 18 heavy (non-hydrogen) atoms. The van der Waals surface area contributed by atoms with Crippen molar-refractivity contribution in [3.8, 4) is 0 Å². The van der Waals surface area contributed by atoms with Gasteiger partial charge < -0.3 is 10.0 Å². The summed E-state index contributed by atoms with van der Waals surface area (Å²) in [4.78, 5) is 24.7. The second kappa shape index (κ2) is 5.48. The largest absolute Gasteiger partial charge is 0.478 e. The topological polar surface area (TPSA) is 70.5 Å². The van der Waals surface area contributed by atoms with Crippen LogP contribution in [0.1, 0.15) is 36.8 Å². The summed E-state index contributed by atoms with van der Waals surface area (Å²) in [5.74, 6) is -1.08. The first-order valence-corrected chi connectivity index (χ1v) is 6.51. The zero-order valence-corrected chi connectivity index (χ0v) is 12.0. The van der Waals surface area contributed by atoms with Gasteiger partial charge in [-0.2, -0.15) is 4.37 Å². The van der Waals surface area contributed by atoms with Crippen molar-refractivity contribution in [2.75, 3.05) is 11.9 Å².